The van der Waals surface area contributed by atoms with Gasteiger partial charge in [-0.2, -0.15) is 4.99 Å². The Labute approximate surface area is 75.2 Å². The molecule has 1 heterocycles. The van der Waals surface area contributed by atoms with E-state index in [4.69, 9.17) is 5.11 Å². The van der Waals surface area contributed by atoms with Gasteiger partial charge >= 0.3 is 12.0 Å². The Morgan fingerprint density at radius 3 is 2.77 bits per heavy atom. The zero-order valence-corrected chi connectivity index (χ0v) is 7.20. The summed E-state index contributed by atoms with van der Waals surface area (Å²) < 4.78 is 0. The predicted octanol–water partition coefficient (Wildman–Crippen LogP) is 0.919. The lowest BCUT2D eigenvalue weighted by Gasteiger charge is -2.02. The number of carbonyl (C=O) groups is 2. The van der Waals surface area contributed by atoms with Crippen LogP contribution in [-0.4, -0.2) is 23.3 Å². The van der Waals surface area contributed by atoms with Crippen LogP contribution in [0.4, 0.5) is 4.79 Å². The van der Waals surface area contributed by atoms with Gasteiger partial charge in [-0.15, -0.1) is 0 Å². The highest BCUT2D eigenvalue weighted by Crippen LogP contribution is 2.11. The van der Waals surface area contributed by atoms with E-state index in [9.17, 15) is 9.59 Å². The van der Waals surface area contributed by atoms with Crippen molar-refractivity contribution in [2.45, 2.75) is 19.8 Å². The number of nitrogens with one attached hydrogen (secondary N) is 1. The van der Waals surface area contributed by atoms with Crippen LogP contribution in [0.5, 0.6) is 0 Å². The molecule has 0 saturated heterocycles. The smallest absolute Gasteiger partial charge is 0.345 e. The summed E-state index contributed by atoms with van der Waals surface area (Å²) in [4.78, 5) is 24.8. The van der Waals surface area contributed by atoms with Crippen molar-refractivity contribution in [1.82, 2.24) is 5.32 Å². The summed E-state index contributed by atoms with van der Waals surface area (Å²) >= 11 is 0. The molecule has 0 unspecified atom stereocenters. The Morgan fingerprint density at radius 1 is 1.69 bits per heavy atom. The number of hydrogen-bond acceptors (Lipinski definition) is 2. The van der Waals surface area contributed by atoms with Crippen molar-refractivity contribution < 1.29 is 14.7 Å². The van der Waals surface area contributed by atoms with Crippen LogP contribution in [0.15, 0.2) is 16.3 Å². The van der Waals surface area contributed by atoms with E-state index in [2.05, 4.69) is 10.3 Å². The van der Waals surface area contributed by atoms with Gasteiger partial charge in [-0.25, -0.2) is 9.59 Å². The van der Waals surface area contributed by atoms with E-state index in [1.807, 2.05) is 6.92 Å². The van der Waals surface area contributed by atoms with E-state index in [-0.39, 0.29) is 5.57 Å². The second kappa shape index (κ2) is 3.84. The highest BCUT2D eigenvalue weighted by molar-refractivity contribution is 6.05. The van der Waals surface area contributed by atoms with Crippen LogP contribution in [0.1, 0.15) is 19.8 Å². The Balaban J connectivity index is 2.91. The second-order valence-corrected chi connectivity index (χ2v) is 2.64. The summed E-state index contributed by atoms with van der Waals surface area (Å²) in [6.07, 6.45) is 2.40. The van der Waals surface area contributed by atoms with Crippen molar-refractivity contribution in [2.75, 3.05) is 0 Å². The zero-order valence-electron chi connectivity index (χ0n) is 7.20. The van der Waals surface area contributed by atoms with Gasteiger partial charge in [0.2, 0.25) is 0 Å². The number of carboxylic acids is 1. The van der Waals surface area contributed by atoms with Crippen LogP contribution in [-0.2, 0) is 4.79 Å². The summed E-state index contributed by atoms with van der Waals surface area (Å²) in [7, 11) is 0. The Morgan fingerprint density at radius 2 is 2.38 bits per heavy atom. The van der Waals surface area contributed by atoms with Gasteiger partial charge in [-0.05, 0) is 6.42 Å². The molecule has 70 valence electrons. The third kappa shape index (κ3) is 2.14. The van der Waals surface area contributed by atoms with Crippen LogP contribution in [0, 0.1) is 0 Å². The summed E-state index contributed by atoms with van der Waals surface area (Å²) in [6.45, 7) is 1.87. The van der Waals surface area contributed by atoms with E-state index in [0.29, 0.717) is 12.1 Å². The van der Waals surface area contributed by atoms with Crippen LogP contribution >= 0.6 is 0 Å². The number of hydrogen-bond donors (Lipinski definition) is 2. The Kier molecular flexibility index (Phi) is 2.79. The number of aliphatic imine (C=N–C) groups is 1. The first kappa shape index (κ1) is 9.44. The number of carbonyl (C=O) groups excluding carboxylic acids is 1. The fourth-order valence-electron chi connectivity index (χ4n) is 1.06. The largest absolute Gasteiger partial charge is 0.478 e. The zero-order chi connectivity index (χ0) is 9.84. The maximum Gasteiger partial charge on any atom is 0.345 e. The summed E-state index contributed by atoms with van der Waals surface area (Å²) in [5.74, 6) is -1.01. The van der Waals surface area contributed by atoms with Gasteiger partial charge in [-0.1, -0.05) is 13.3 Å². The number of amides is 2. The number of urea groups is 1. The summed E-state index contributed by atoms with van der Waals surface area (Å²) in [5.41, 5.74) is 0.511. The molecular weight excluding hydrogens is 172 g/mol. The van der Waals surface area contributed by atoms with Crippen LogP contribution in [0.2, 0.25) is 0 Å². The molecular formula is C8H10N2O3. The fourth-order valence-corrected chi connectivity index (χ4v) is 1.06. The average molecular weight is 182 g/mol. The molecule has 0 spiro atoms. The van der Waals surface area contributed by atoms with Crippen molar-refractivity contribution in [3.05, 3.63) is 11.3 Å². The minimum atomic E-state index is -1.01. The van der Waals surface area contributed by atoms with Crippen molar-refractivity contribution >= 4 is 18.2 Å². The van der Waals surface area contributed by atoms with Gasteiger partial charge in [0.05, 0.1) is 17.5 Å². The molecule has 1 aliphatic rings. The van der Waals surface area contributed by atoms with Crippen LogP contribution in [0.25, 0.3) is 0 Å². The monoisotopic (exact) mass is 182 g/mol. The average Bonchev–Trinajstić information content (AvgIpc) is 2.46. The molecule has 0 bridgehead atoms. The molecule has 2 N–H and O–H groups in total. The molecule has 5 heteroatoms. The molecule has 1 rings (SSSR count). The van der Waals surface area contributed by atoms with E-state index in [1.54, 1.807) is 0 Å². The third-order valence-corrected chi connectivity index (χ3v) is 1.64. The number of aliphatic carboxylic acids is 1. The number of nitrogens with zero attached hydrogens (tertiary/aromatic N) is 1. The first-order valence-corrected chi connectivity index (χ1v) is 3.96. The maximum absolute atomic E-state index is 10.7. The molecule has 0 fully saturated rings. The van der Waals surface area contributed by atoms with Gasteiger partial charge in [0.25, 0.3) is 0 Å². The van der Waals surface area contributed by atoms with Gasteiger partial charge in [0.1, 0.15) is 0 Å². The van der Waals surface area contributed by atoms with Crippen molar-refractivity contribution in [2.24, 2.45) is 4.99 Å². The highest BCUT2D eigenvalue weighted by Gasteiger charge is 2.17. The normalized spacial score (nSPS) is 18.7. The molecule has 0 radical (unpaired) electrons. The predicted molar refractivity (Wildman–Crippen MR) is 46.6 cm³/mol. The molecule has 0 aromatic rings. The molecule has 0 atom stereocenters. The maximum atomic E-state index is 10.7. The molecule has 13 heavy (non-hydrogen) atoms. The first-order valence-electron chi connectivity index (χ1n) is 3.96. The lowest BCUT2D eigenvalue weighted by Crippen LogP contribution is -2.17. The van der Waals surface area contributed by atoms with E-state index in [0.717, 1.165) is 6.42 Å². The summed E-state index contributed by atoms with van der Waals surface area (Å²) in [6, 6.07) is -0.509. The number of rotatable bonds is 3. The number of carboxylic acid groups (broad SMARTS) is 1. The second-order valence-electron chi connectivity index (χ2n) is 2.64. The minimum Gasteiger partial charge on any atom is -0.478 e. The quantitative estimate of drug-likeness (QED) is 0.637. The van der Waals surface area contributed by atoms with Gasteiger partial charge in [-0.3, -0.25) is 0 Å². The van der Waals surface area contributed by atoms with Gasteiger partial charge in [0, 0.05) is 0 Å². The number of allylic oxidation sites excluding steroid dienone is 1. The lowest BCUT2D eigenvalue weighted by molar-refractivity contribution is -0.132. The lowest BCUT2D eigenvalue weighted by atomic mass is 10.1. The van der Waals surface area contributed by atoms with Gasteiger partial charge in [0.15, 0.2) is 0 Å². The van der Waals surface area contributed by atoms with E-state index >= 15 is 0 Å². The summed E-state index contributed by atoms with van der Waals surface area (Å²) in [5, 5.41) is 11.1. The molecule has 0 aliphatic carbocycles. The molecule has 0 saturated carbocycles. The third-order valence-electron chi connectivity index (χ3n) is 1.64. The highest BCUT2D eigenvalue weighted by atomic mass is 16.4. The minimum absolute atomic E-state index is 0.206. The topological polar surface area (TPSA) is 78.8 Å². The molecule has 2 amide bonds. The van der Waals surface area contributed by atoms with Crippen molar-refractivity contribution in [3.8, 4) is 0 Å². The standard InChI is InChI=1S/C8H10N2O3/c1-2-3-5(7(11)12)6-4-9-8(13)10-6/h4H,2-3H2,1H3,(H,10,13)(H,11,12). The van der Waals surface area contributed by atoms with Crippen LogP contribution < -0.4 is 5.32 Å². The van der Waals surface area contributed by atoms with E-state index < -0.39 is 12.0 Å². The SMILES string of the molecule is CCCC(C(=O)O)=C1C=NC(=O)N1. The molecule has 0 aromatic carbocycles. The molecule has 1 aliphatic heterocycles. The van der Waals surface area contributed by atoms with Gasteiger partial charge < -0.3 is 10.4 Å². The van der Waals surface area contributed by atoms with Crippen LogP contribution in [0.3, 0.4) is 0 Å². The van der Waals surface area contributed by atoms with Crippen molar-refractivity contribution in [3.63, 3.8) is 0 Å². The fraction of sp³-hybridized carbons (Fsp3) is 0.375. The molecule has 0 aromatic heterocycles. The Hall–Kier alpha value is -1.65. The first-order chi connectivity index (χ1) is 6.15. The Bertz CT molecular complexity index is 305. The van der Waals surface area contributed by atoms with E-state index in [1.165, 1.54) is 6.21 Å². The molecule has 5 nitrogen and oxygen atoms in total. The van der Waals surface area contributed by atoms with Crippen molar-refractivity contribution in [1.29, 1.82) is 0 Å².